The minimum Gasteiger partial charge on any atom is -0.385 e. The van der Waals surface area contributed by atoms with Gasteiger partial charge in [-0.2, -0.15) is 0 Å². The Bertz CT molecular complexity index is 550. The molecule has 2 aromatic rings. The van der Waals surface area contributed by atoms with Crippen molar-refractivity contribution in [1.82, 2.24) is 4.98 Å². The largest absolute Gasteiger partial charge is 0.385 e. The van der Waals surface area contributed by atoms with Crippen molar-refractivity contribution in [3.63, 3.8) is 0 Å². The van der Waals surface area contributed by atoms with Crippen LogP contribution in [0, 0.1) is 5.92 Å². The molecule has 2 rings (SSSR count). The van der Waals surface area contributed by atoms with Crippen LogP contribution in [0.4, 0.5) is 11.4 Å². The lowest BCUT2D eigenvalue weighted by molar-refractivity contribution is 0.102. The van der Waals surface area contributed by atoms with E-state index < -0.39 is 0 Å². The van der Waals surface area contributed by atoms with Gasteiger partial charge in [0.15, 0.2) is 0 Å². The average Bonchev–Trinajstić information content (AvgIpc) is 2.47. The molecule has 4 heteroatoms. The zero-order chi connectivity index (χ0) is 14.4. The fraction of sp³-hybridized carbons (Fsp3) is 0.250. The van der Waals surface area contributed by atoms with Gasteiger partial charge in [-0.3, -0.25) is 9.78 Å². The van der Waals surface area contributed by atoms with E-state index in [2.05, 4.69) is 29.5 Å². The molecule has 0 aliphatic carbocycles. The number of hydrogen-bond acceptors (Lipinski definition) is 3. The molecule has 1 aromatic carbocycles. The molecule has 0 spiro atoms. The summed E-state index contributed by atoms with van der Waals surface area (Å²) >= 11 is 0. The molecule has 4 nitrogen and oxygen atoms in total. The van der Waals surface area contributed by atoms with Gasteiger partial charge in [-0.15, -0.1) is 0 Å². The molecule has 1 aromatic heterocycles. The Morgan fingerprint density at radius 3 is 2.45 bits per heavy atom. The standard InChI is InChI=1S/C16H19N3O/c1-12(2)10-18-14-5-7-15(8-6-14)19-16(20)13-4-3-9-17-11-13/h3-9,11-12,18H,10H2,1-2H3,(H,19,20). The molecule has 2 N–H and O–H groups in total. The first-order chi connectivity index (χ1) is 9.65. The maximum atomic E-state index is 11.9. The van der Waals surface area contributed by atoms with E-state index in [1.165, 1.54) is 0 Å². The van der Waals surface area contributed by atoms with Gasteiger partial charge in [0.2, 0.25) is 0 Å². The summed E-state index contributed by atoms with van der Waals surface area (Å²) < 4.78 is 0. The van der Waals surface area contributed by atoms with Crippen LogP contribution in [0.15, 0.2) is 48.8 Å². The summed E-state index contributed by atoms with van der Waals surface area (Å²) in [7, 11) is 0. The van der Waals surface area contributed by atoms with Crippen molar-refractivity contribution in [2.24, 2.45) is 5.92 Å². The van der Waals surface area contributed by atoms with E-state index in [-0.39, 0.29) is 5.91 Å². The van der Waals surface area contributed by atoms with Crippen molar-refractivity contribution in [1.29, 1.82) is 0 Å². The Hall–Kier alpha value is -2.36. The molecule has 0 fully saturated rings. The summed E-state index contributed by atoms with van der Waals surface area (Å²) in [6, 6.07) is 11.2. The molecule has 20 heavy (non-hydrogen) atoms. The molecule has 1 amide bonds. The van der Waals surface area contributed by atoms with E-state index in [4.69, 9.17) is 0 Å². The van der Waals surface area contributed by atoms with Gasteiger partial charge in [0.05, 0.1) is 5.56 Å². The molecular formula is C16H19N3O. The number of carbonyl (C=O) groups excluding carboxylic acids is 1. The zero-order valence-corrected chi connectivity index (χ0v) is 11.8. The van der Waals surface area contributed by atoms with Gasteiger partial charge in [-0.1, -0.05) is 13.8 Å². The first-order valence-corrected chi connectivity index (χ1v) is 6.70. The molecular weight excluding hydrogens is 250 g/mol. The van der Waals surface area contributed by atoms with Gasteiger partial charge in [-0.05, 0) is 42.3 Å². The van der Waals surface area contributed by atoms with Crippen LogP contribution in [0.2, 0.25) is 0 Å². The second kappa shape index (κ2) is 6.70. The maximum Gasteiger partial charge on any atom is 0.257 e. The van der Waals surface area contributed by atoms with Gasteiger partial charge >= 0.3 is 0 Å². The Labute approximate surface area is 119 Å². The smallest absolute Gasteiger partial charge is 0.257 e. The second-order valence-corrected chi connectivity index (χ2v) is 5.05. The lowest BCUT2D eigenvalue weighted by atomic mass is 10.2. The predicted octanol–water partition coefficient (Wildman–Crippen LogP) is 3.40. The van der Waals surface area contributed by atoms with Gasteiger partial charge < -0.3 is 10.6 Å². The number of benzene rings is 1. The van der Waals surface area contributed by atoms with E-state index in [1.807, 2.05) is 24.3 Å². The molecule has 0 aliphatic rings. The van der Waals surface area contributed by atoms with Crippen LogP contribution in [-0.4, -0.2) is 17.4 Å². The number of nitrogens with zero attached hydrogens (tertiary/aromatic N) is 1. The summed E-state index contributed by atoms with van der Waals surface area (Å²) in [5, 5.41) is 6.18. The highest BCUT2D eigenvalue weighted by Gasteiger charge is 2.05. The minimum absolute atomic E-state index is 0.152. The van der Waals surface area contributed by atoms with Crippen LogP contribution >= 0.6 is 0 Å². The molecule has 104 valence electrons. The van der Waals surface area contributed by atoms with E-state index in [0.29, 0.717) is 11.5 Å². The monoisotopic (exact) mass is 269 g/mol. The van der Waals surface area contributed by atoms with Crippen LogP contribution in [0.1, 0.15) is 24.2 Å². The van der Waals surface area contributed by atoms with Crippen molar-refractivity contribution in [3.8, 4) is 0 Å². The van der Waals surface area contributed by atoms with Gasteiger partial charge in [0, 0.05) is 30.3 Å². The fourth-order valence-electron chi connectivity index (χ4n) is 1.69. The van der Waals surface area contributed by atoms with Crippen molar-refractivity contribution < 1.29 is 4.79 Å². The Morgan fingerprint density at radius 1 is 1.15 bits per heavy atom. The van der Waals surface area contributed by atoms with Gasteiger partial charge in [0.1, 0.15) is 0 Å². The zero-order valence-electron chi connectivity index (χ0n) is 11.8. The number of anilines is 2. The highest BCUT2D eigenvalue weighted by Crippen LogP contribution is 2.14. The molecule has 1 heterocycles. The number of hydrogen-bond donors (Lipinski definition) is 2. The van der Waals surface area contributed by atoms with Gasteiger partial charge in [-0.25, -0.2) is 0 Å². The van der Waals surface area contributed by atoms with Crippen LogP contribution in [0.25, 0.3) is 0 Å². The third-order valence-corrected chi connectivity index (χ3v) is 2.78. The van der Waals surface area contributed by atoms with Crippen molar-refractivity contribution in [2.75, 3.05) is 17.2 Å². The van der Waals surface area contributed by atoms with E-state index >= 15 is 0 Å². The second-order valence-electron chi connectivity index (χ2n) is 5.05. The van der Waals surface area contributed by atoms with Crippen LogP contribution in [0.3, 0.4) is 0 Å². The van der Waals surface area contributed by atoms with E-state index in [9.17, 15) is 4.79 Å². The third kappa shape index (κ3) is 4.09. The number of pyridine rings is 1. The summed E-state index contributed by atoms with van der Waals surface area (Å²) in [5.41, 5.74) is 2.38. The van der Waals surface area contributed by atoms with Crippen LogP contribution in [0.5, 0.6) is 0 Å². The number of rotatable bonds is 5. The number of aromatic nitrogens is 1. The molecule has 0 saturated carbocycles. The summed E-state index contributed by atoms with van der Waals surface area (Å²) in [6.45, 7) is 5.26. The highest BCUT2D eigenvalue weighted by molar-refractivity contribution is 6.04. The number of amides is 1. The minimum atomic E-state index is -0.152. The quantitative estimate of drug-likeness (QED) is 0.874. The van der Waals surface area contributed by atoms with Crippen LogP contribution in [-0.2, 0) is 0 Å². The Balaban J connectivity index is 1.95. The number of nitrogens with one attached hydrogen (secondary N) is 2. The highest BCUT2D eigenvalue weighted by atomic mass is 16.1. The molecule has 0 atom stereocenters. The van der Waals surface area contributed by atoms with Crippen molar-refractivity contribution >= 4 is 17.3 Å². The topological polar surface area (TPSA) is 54.0 Å². The van der Waals surface area contributed by atoms with Gasteiger partial charge in [0.25, 0.3) is 5.91 Å². The Morgan fingerprint density at radius 2 is 1.85 bits per heavy atom. The van der Waals surface area contributed by atoms with Crippen LogP contribution < -0.4 is 10.6 Å². The molecule has 0 bridgehead atoms. The van der Waals surface area contributed by atoms with Crippen molar-refractivity contribution in [3.05, 3.63) is 54.4 Å². The SMILES string of the molecule is CC(C)CNc1ccc(NC(=O)c2cccnc2)cc1. The number of carbonyl (C=O) groups is 1. The fourth-order valence-corrected chi connectivity index (χ4v) is 1.69. The van der Waals surface area contributed by atoms with E-state index in [0.717, 1.165) is 17.9 Å². The maximum absolute atomic E-state index is 11.9. The lowest BCUT2D eigenvalue weighted by Crippen LogP contribution is -2.12. The predicted molar refractivity (Wildman–Crippen MR) is 82.0 cm³/mol. The first-order valence-electron chi connectivity index (χ1n) is 6.70. The van der Waals surface area contributed by atoms with E-state index in [1.54, 1.807) is 24.5 Å². The first kappa shape index (κ1) is 14.1. The molecule has 0 aliphatic heterocycles. The average molecular weight is 269 g/mol. The molecule has 0 saturated heterocycles. The molecule has 0 unspecified atom stereocenters. The van der Waals surface area contributed by atoms with Crippen molar-refractivity contribution in [2.45, 2.75) is 13.8 Å². The third-order valence-electron chi connectivity index (χ3n) is 2.78. The molecule has 0 radical (unpaired) electrons. The normalized spacial score (nSPS) is 10.3. The lowest BCUT2D eigenvalue weighted by Gasteiger charge is -2.10. The summed E-state index contributed by atoms with van der Waals surface area (Å²) in [6.07, 6.45) is 3.19. The summed E-state index contributed by atoms with van der Waals surface area (Å²) in [4.78, 5) is 15.9. The Kier molecular flexibility index (Phi) is 4.71. The summed E-state index contributed by atoms with van der Waals surface area (Å²) in [5.74, 6) is 0.445.